The van der Waals surface area contributed by atoms with Crippen molar-refractivity contribution in [3.63, 3.8) is 0 Å². The van der Waals surface area contributed by atoms with Gasteiger partial charge in [0.25, 0.3) is 5.56 Å². The van der Waals surface area contributed by atoms with Gasteiger partial charge >= 0.3 is 0 Å². The number of benzene rings is 2. The van der Waals surface area contributed by atoms with E-state index in [2.05, 4.69) is 29.0 Å². The van der Waals surface area contributed by atoms with E-state index in [0.29, 0.717) is 16.6 Å². The van der Waals surface area contributed by atoms with Gasteiger partial charge in [-0.3, -0.25) is 4.79 Å². The minimum absolute atomic E-state index is 0.172. The number of aromatic nitrogens is 2. The second kappa shape index (κ2) is 5.02. The van der Waals surface area contributed by atoms with Crippen molar-refractivity contribution in [3.8, 4) is 0 Å². The largest absolute Gasteiger partial charge is 0.398 e. The zero-order chi connectivity index (χ0) is 14.1. The van der Waals surface area contributed by atoms with Crippen molar-refractivity contribution in [3.05, 3.63) is 58.6 Å². The summed E-state index contributed by atoms with van der Waals surface area (Å²) in [5, 5.41) is 0.513. The molecule has 20 heavy (non-hydrogen) atoms. The molecule has 3 rings (SSSR count). The lowest BCUT2D eigenvalue weighted by Gasteiger charge is -2.07. The van der Waals surface area contributed by atoms with Crippen molar-refractivity contribution < 1.29 is 0 Å². The number of anilines is 1. The number of nitrogen functional groups attached to an aromatic ring is 1. The molecule has 0 saturated heterocycles. The summed E-state index contributed by atoms with van der Waals surface area (Å²) < 4.78 is 0. The number of nitrogens with one attached hydrogen (secondary N) is 1. The molecule has 3 aromatic rings. The molecule has 0 atom stereocenters. The fraction of sp³-hybridized carbons (Fsp3) is 0.0667. The summed E-state index contributed by atoms with van der Waals surface area (Å²) in [5.74, 6) is 0. The third kappa shape index (κ3) is 2.40. The van der Waals surface area contributed by atoms with Crippen LogP contribution in [0.2, 0.25) is 0 Å². The van der Waals surface area contributed by atoms with Crippen molar-refractivity contribution >= 4 is 28.4 Å². The number of aromatic amines is 1. The van der Waals surface area contributed by atoms with Gasteiger partial charge in [0.2, 0.25) is 0 Å². The predicted octanol–water partition coefficient (Wildman–Crippen LogP) is 2.96. The first-order valence-electron chi connectivity index (χ1n) is 6.15. The van der Waals surface area contributed by atoms with Crippen LogP contribution in [0.3, 0.4) is 0 Å². The Morgan fingerprint density at radius 3 is 2.90 bits per heavy atom. The molecule has 5 heteroatoms. The van der Waals surface area contributed by atoms with Gasteiger partial charge in [-0.05, 0) is 31.2 Å². The number of nitrogens with two attached hydrogens (primary N) is 1. The Kier molecular flexibility index (Phi) is 3.20. The summed E-state index contributed by atoms with van der Waals surface area (Å²) in [6, 6.07) is 11.7. The van der Waals surface area contributed by atoms with Crippen molar-refractivity contribution in [1.29, 1.82) is 0 Å². The van der Waals surface area contributed by atoms with Crippen LogP contribution in [-0.2, 0) is 0 Å². The lowest BCUT2D eigenvalue weighted by Crippen LogP contribution is -2.07. The van der Waals surface area contributed by atoms with Crippen LogP contribution in [0, 0.1) is 6.92 Å². The normalized spacial score (nSPS) is 10.8. The highest BCUT2D eigenvalue weighted by Gasteiger charge is 2.07. The van der Waals surface area contributed by atoms with Gasteiger partial charge in [0.1, 0.15) is 0 Å². The zero-order valence-corrected chi connectivity index (χ0v) is 11.7. The number of aryl methyl sites for hydroxylation is 1. The molecule has 0 bridgehead atoms. The molecule has 4 nitrogen and oxygen atoms in total. The number of rotatable bonds is 2. The van der Waals surface area contributed by atoms with E-state index in [1.54, 1.807) is 17.8 Å². The molecule has 0 radical (unpaired) electrons. The fourth-order valence-electron chi connectivity index (χ4n) is 2.01. The Hall–Kier alpha value is -2.27. The quantitative estimate of drug-likeness (QED) is 0.709. The van der Waals surface area contributed by atoms with Crippen molar-refractivity contribution in [1.82, 2.24) is 9.97 Å². The standard InChI is InChI=1S/C15H13N3OS/c1-9-3-2-4-10(5-9)20-14-7-13-11(6-12(14)16)15(19)18-8-17-13/h2-8H,16H2,1H3,(H,17,18,19). The molecule has 2 aromatic carbocycles. The minimum Gasteiger partial charge on any atom is -0.398 e. The molecule has 0 aliphatic carbocycles. The highest BCUT2D eigenvalue weighted by Crippen LogP contribution is 2.34. The summed E-state index contributed by atoms with van der Waals surface area (Å²) in [6.07, 6.45) is 1.40. The Labute approximate surface area is 120 Å². The highest BCUT2D eigenvalue weighted by molar-refractivity contribution is 7.99. The Morgan fingerprint density at radius 1 is 1.25 bits per heavy atom. The lowest BCUT2D eigenvalue weighted by atomic mass is 10.2. The average Bonchev–Trinajstić information content (AvgIpc) is 2.41. The molecule has 0 saturated carbocycles. The number of nitrogens with zero attached hydrogens (tertiary/aromatic N) is 1. The predicted molar refractivity (Wildman–Crippen MR) is 82.1 cm³/mol. The topological polar surface area (TPSA) is 71.8 Å². The Morgan fingerprint density at radius 2 is 2.10 bits per heavy atom. The molecular weight excluding hydrogens is 270 g/mol. The molecule has 0 unspecified atom stereocenters. The molecule has 0 aliphatic rings. The smallest absolute Gasteiger partial charge is 0.258 e. The van der Waals surface area contributed by atoms with Crippen molar-refractivity contribution in [2.75, 3.05) is 5.73 Å². The maximum atomic E-state index is 11.7. The van der Waals surface area contributed by atoms with E-state index in [4.69, 9.17) is 5.73 Å². The second-order valence-electron chi connectivity index (χ2n) is 4.56. The van der Waals surface area contributed by atoms with Crippen LogP contribution in [0.15, 0.2) is 57.3 Å². The summed E-state index contributed by atoms with van der Waals surface area (Å²) in [5.41, 5.74) is 8.30. The lowest BCUT2D eigenvalue weighted by molar-refractivity contribution is 1.17. The fourth-order valence-corrected chi connectivity index (χ4v) is 3.00. The summed E-state index contributed by atoms with van der Waals surface area (Å²) >= 11 is 1.57. The molecule has 1 heterocycles. The highest BCUT2D eigenvalue weighted by atomic mass is 32.2. The summed E-state index contributed by atoms with van der Waals surface area (Å²) in [6.45, 7) is 2.05. The van der Waals surface area contributed by atoms with Gasteiger partial charge in [0.15, 0.2) is 0 Å². The first-order valence-corrected chi connectivity index (χ1v) is 6.96. The van der Waals surface area contributed by atoms with E-state index < -0.39 is 0 Å². The molecule has 0 aliphatic heterocycles. The van der Waals surface area contributed by atoms with E-state index >= 15 is 0 Å². The second-order valence-corrected chi connectivity index (χ2v) is 5.67. The minimum atomic E-state index is -0.172. The molecule has 0 fully saturated rings. The van der Waals surface area contributed by atoms with Crippen LogP contribution in [0.25, 0.3) is 10.9 Å². The van der Waals surface area contributed by atoms with Crippen LogP contribution in [0.1, 0.15) is 5.56 Å². The molecular formula is C15H13N3OS. The third-order valence-electron chi connectivity index (χ3n) is 2.99. The van der Waals surface area contributed by atoms with Crippen molar-refractivity contribution in [2.45, 2.75) is 16.7 Å². The van der Waals surface area contributed by atoms with Gasteiger partial charge in [-0.1, -0.05) is 29.5 Å². The molecule has 0 amide bonds. The van der Waals surface area contributed by atoms with E-state index in [0.717, 1.165) is 9.79 Å². The summed E-state index contributed by atoms with van der Waals surface area (Å²) in [4.78, 5) is 20.4. The maximum absolute atomic E-state index is 11.7. The van der Waals surface area contributed by atoms with Gasteiger partial charge in [0.05, 0.1) is 17.2 Å². The first-order chi connectivity index (χ1) is 9.63. The van der Waals surface area contributed by atoms with Gasteiger partial charge in [-0.25, -0.2) is 4.98 Å². The van der Waals surface area contributed by atoms with Crippen molar-refractivity contribution in [2.24, 2.45) is 0 Å². The van der Waals surface area contributed by atoms with Gasteiger partial charge < -0.3 is 10.7 Å². The number of H-pyrrole nitrogens is 1. The Balaban J connectivity index is 2.08. The monoisotopic (exact) mass is 283 g/mol. The van der Waals surface area contributed by atoms with Gasteiger partial charge in [0, 0.05) is 15.5 Å². The Bertz CT molecular complexity index is 842. The number of hydrogen-bond donors (Lipinski definition) is 2. The SMILES string of the molecule is Cc1cccc(Sc2cc3nc[nH]c(=O)c3cc2N)c1. The van der Waals surface area contributed by atoms with Crippen LogP contribution >= 0.6 is 11.8 Å². The third-order valence-corrected chi connectivity index (χ3v) is 4.05. The van der Waals surface area contributed by atoms with Crippen LogP contribution in [0.4, 0.5) is 5.69 Å². The number of hydrogen-bond acceptors (Lipinski definition) is 4. The first kappa shape index (κ1) is 12.7. The maximum Gasteiger partial charge on any atom is 0.258 e. The summed E-state index contributed by atoms with van der Waals surface area (Å²) in [7, 11) is 0. The zero-order valence-electron chi connectivity index (χ0n) is 10.9. The van der Waals surface area contributed by atoms with Crippen LogP contribution < -0.4 is 11.3 Å². The van der Waals surface area contributed by atoms with Gasteiger partial charge in [-0.2, -0.15) is 0 Å². The van der Waals surface area contributed by atoms with Gasteiger partial charge in [-0.15, -0.1) is 0 Å². The average molecular weight is 283 g/mol. The van der Waals surface area contributed by atoms with E-state index in [9.17, 15) is 4.79 Å². The van der Waals surface area contributed by atoms with Crippen LogP contribution in [0.5, 0.6) is 0 Å². The molecule has 3 N–H and O–H groups in total. The number of fused-ring (bicyclic) bond motifs is 1. The molecule has 1 aromatic heterocycles. The molecule has 100 valence electrons. The van der Waals surface area contributed by atoms with E-state index in [1.165, 1.54) is 11.9 Å². The van der Waals surface area contributed by atoms with E-state index in [1.807, 2.05) is 18.2 Å². The van der Waals surface area contributed by atoms with E-state index in [-0.39, 0.29) is 5.56 Å². The van der Waals surface area contributed by atoms with Crippen LogP contribution in [-0.4, -0.2) is 9.97 Å². The molecule has 0 spiro atoms.